The van der Waals surface area contributed by atoms with Gasteiger partial charge in [0.15, 0.2) is 6.10 Å². The molecule has 2 N–H and O–H groups in total. The standard InChI is InChI=1S/C25H26FN3O4S/c1-17(23(31)29-25(16-27)13-5-2-6-14-25)33-24(32)20-7-3-4-8-21(20)34-15-22(30)28-19-11-9-18(26)10-12-19/h3-4,7-12,17H,2,5-6,13-15H2,1H3,(H,28,30)(H,29,31)/t17-/m0/s1. The van der Waals surface area contributed by atoms with Crippen LogP contribution in [0.4, 0.5) is 10.1 Å². The van der Waals surface area contributed by atoms with Crippen molar-refractivity contribution in [1.29, 1.82) is 5.26 Å². The fourth-order valence-corrected chi connectivity index (χ4v) is 4.51. The van der Waals surface area contributed by atoms with Gasteiger partial charge in [-0.3, -0.25) is 9.59 Å². The molecule has 178 valence electrons. The normalized spacial score (nSPS) is 15.4. The quantitative estimate of drug-likeness (QED) is 0.424. The fraction of sp³-hybridized carbons (Fsp3) is 0.360. The molecule has 0 saturated heterocycles. The number of carbonyl (C=O) groups excluding carboxylic acids is 3. The van der Waals surface area contributed by atoms with Crippen LogP contribution in [0.15, 0.2) is 53.4 Å². The number of ether oxygens (including phenoxy) is 1. The summed E-state index contributed by atoms with van der Waals surface area (Å²) in [6, 6.07) is 14.3. The van der Waals surface area contributed by atoms with Gasteiger partial charge in [-0.25, -0.2) is 9.18 Å². The number of carbonyl (C=O) groups is 3. The van der Waals surface area contributed by atoms with Crippen LogP contribution in [0.25, 0.3) is 0 Å². The Morgan fingerprint density at radius 2 is 1.79 bits per heavy atom. The Balaban J connectivity index is 1.57. The average Bonchev–Trinajstić information content (AvgIpc) is 2.84. The number of halogens is 1. The van der Waals surface area contributed by atoms with Crippen molar-refractivity contribution in [3.05, 3.63) is 59.9 Å². The van der Waals surface area contributed by atoms with Gasteiger partial charge in [-0.2, -0.15) is 5.26 Å². The first kappa shape index (κ1) is 25.2. The summed E-state index contributed by atoms with van der Waals surface area (Å²) >= 11 is 1.14. The summed E-state index contributed by atoms with van der Waals surface area (Å²) in [5.41, 5.74) is -0.219. The number of nitrogens with zero attached hydrogens (tertiary/aromatic N) is 1. The molecule has 9 heteroatoms. The molecule has 2 aromatic rings. The number of benzene rings is 2. The van der Waals surface area contributed by atoms with Crippen LogP contribution in [0, 0.1) is 17.1 Å². The highest BCUT2D eigenvalue weighted by atomic mass is 32.2. The molecule has 0 heterocycles. The molecule has 2 amide bonds. The lowest BCUT2D eigenvalue weighted by Crippen LogP contribution is -2.52. The predicted molar refractivity (Wildman–Crippen MR) is 127 cm³/mol. The molecule has 0 spiro atoms. The molecule has 1 aliphatic rings. The Morgan fingerprint density at radius 3 is 2.47 bits per heavy atom. The maximum absolute atomic E-state index is 13.0. The third kappa shape index (κ3) is 6.81. The zero-order valence-corrected chi connectivity index (χ0v) is 19.6. The van der Waals surface area contributed by atoms with Crippen molar-refractivity contribution in [3.8, 4) is 6.07 Å². The van der Waals surface area contributed by atoms with E-state index in [-0.39, 0.29) is 17.2 Å². The number of nitriles is 1. The summed E-state index contributed by atoms with van der Waals surface area (Å²) in [7, 11) is 0. The molecular formula is C25H26FN3O4S. The highest BCUT2D eigenvalue weighted by Gasteiger charge is 2.35. The van der Waals surface area contributed by atoms with Gasteiger partial charge in [0.2, 0.25) is 5.91 Å². The van der Waals surface area contributed by atoms with E-state index < -0.39 is 29.3 Å². The number of anilines is 1. The van der Waals surface area contributed by atoms with Gasteiger partial charge in [0.25, 0.3) is 5.91 Å². The Morgan fingerprint density at radius 1 is 1.12 bits per heavy atom. The molecule has 1 saturated carbocycles. The third-order valence-corrected chi connectivity index (χ3v) is 6.60. The summed E-state index contributed by atoms with van der Waals surface area (Å²) in [4.78, 5) is 38.2. The minimum Gasteiger partial charge on any atom is -0.449 e. The maximum Gasteiger partial charge on any atom is 0.340 e. The molecule has 1 aliphatic carbocycles. The van der Waals surface area contributed by atoms with Crippen LogP contribution in [0.2, 0.25) is 0 Å². The van der Waals surface area contributed by atoms with Crippen LogP contribution in [-0.4, -0.2) is 35.2 Å². The van der Waals surface area contributed by atoms with Crippen molar-refractivity contribution >= 4 is 35.2 Å². The second-order valence-corrected chi connectivity index (χ2v) is 9.15. The zero-order chi connectivity index (χ0) is 24.6. The predicted octanol–water partition coefficient (Wildman–Crippen LogP) is 4.44. The molecule has 0 bridgehead atoms. The molecule has 3 rings (SSSR count). The van der Waals surface area contributed by atoms with Crippen LogP contribution < -0.4 is 10.6 Å². The minimum absolute atomic E-state index is 0.0163. The van der Waals surface area contributed by atoms with Crippen molar-refractivity contribution in [2.75, 3.05) is 11.1 Å². The molecule has 0 radical (unpaired) electrons. The highest BCUT2D eigenvalue weighted by molar-refractivity contribution is 8.00. The van der Waals surface area contributed by atoms with E-state index in [1.54, 1.807) is 24.3 Å². The lowest BCUT2D eigenvalue weighted by molar-refractivity contribution is -0.130. The van der Waals surface area contributed by atoms with E-state index in [2.05, 4.69) is 16.7 Å². The Labute approximate surface area is 202 Å². The molecule has 0 aliphatic heterocycles. The number of hydrogen-bond acceptors (Lipinski definition) is 6. The first-order valence-electron chi connectivity index (χ1n) is 11.0. The first-order valence-corrected chi connectivity index (χ1v) is 12.0. The summed E-state index contributed by atoms with van der Waals surface area (Å²) in [5.74, 6) is -1.91. The van der Waals surface area contributed by atoms with Crippen LogP contribution in [0.1, 0.15) is 49.4 Å². The van der Waals surface area contributed by atoms with Crippen LogP contribution in [0.3, 0.4) is 0 Å². The van der Waals surface area contributed by atoms with Gasteiger partial charge >= 0.3 is 5.97 Å². The van der Waals surface area contributed by atoms with Crippen molar-refractivity contribution in [1.82, 2.24) is 5.32 Å². The molecule has 2 aromatic carbocycles. The molecule has 0 unspecified atom stereocenters. The van der Waals surface area contributed by atoms with Crippen molar-refractivity contribution < 1.29 is 23.5 Å². The second-order valence-electron chi connectivity index (χ2n) is 8.13. The number of esters is 1. The summed E-state index contributed by atoms with van der Waals surface area (Å²) in [6.45, 7) is 1.47. The van der Waals surface area contributed by atoms with E-state index in [1.807, 2.05) is 0 Å². The largest absolute Gasteiger partial charge is 0.449 e. The number of rotatable bonds is 8. The van der Waals surface area contributed by atoms with Crippen LogP contribution >= 0.6 is 11.8 Å². The zero-order valence-electron chi connectivity index (χ0n) is 18.8. The first-order chi connectivity index (χ1) is 16.3. The van der Waals surface area contributed by atoms with Crippen molar-refractivity contribution in [2.24, 2.45) is 0 Å². The fourth-order valence-electron chi connectivity index (χ4n) is 3.67. The van der Waals surface area contributed by atoms with Crippen LogP contribution in [0.5, 0.6) is 0 Å². The van der Waals surface area contributed by atoms with Gasteiger partial charge in [-0.05, 0) is 56.2 Å². The van der Waals surface area contributed by atoms with Crippen molar-refractivity contribution in [3.63, 3.8) is 0 Å². The second kappa shape index (κ2) is 11.7. The van der Waals surface area contributed by atoms with Gasteiger partial charge < -0.3 is 15.4 Å². The average molecular weight is 484 g/mol. The molecule has 1 fully saturated rings. The van der Waals surface area contributed by atoms with Gasteiger partial charge in [-0.15, -0.1) is 11.8 Å². The van der Waals surface area contributed by atoms with Gasteiger partial charge in [0.05, 0.1) is 17.4 Å². The number of hydrogen-bond donors (Lipinski definition) is 2. The van der Waals surface area contributed by atoms with E-state index in [0.29, 0.717) is 23.4 Å². The van der Waals surface area contributed by atoms with Gasteiger partial charge in [-0.1, -0.05) is 31.4 Å². The summed E-state index contributed by atoms with van der Waals surface area (Å²) in [6.07, 6.45) is 2.83. The van der Waals surface area contributed by atoms with Crippen LogP contribution in [-0.2, 0) is 14.3 Å². The van der Waals surface area contributed by atoms with E-state index >= 15 is 0 Å². The molecule has 7 nitrogen and oxygen atoms in total. The molecule has 0 aromatic heterocycles. The lowest BCUT2D eigenvalue weighted by Gasteiger charge is -2.32. The molecule has 1 atom stereocenters. The van der Waals surface area contributed by atoms with Gasteiger partial charge in [0, 0.05) is 10.6 Å². The smallest absolute Gasteiger partial charge is 0.340 e. The van der Waals surface area contributed by atoms with Crippen molar-refractivity contribution in [2.45, 2.75) is 55.6 Å². The Bertz CT molecular complexity index is 1080. The topological polar surface area (TPSA) is 108 Å². The number of nitrogens with one attached hydrogen (secondary N) is 2. The maximum atomic E-state index is 13.0. The highest BCUT2D eigenvalue weighted by Crippen LogP contribution is 2.28. The SMILES string of the molecule is C[C@H](OC(=O)c1ccccc1SCC(=O)Nc1ccc(F)cc1)C(=O)NC1(C#N)CCCCC1. The summed E-state index contributed by atoms with van der Waals surface area (Å²) in [5, 5.41) is 15.0. The third-order valence-electron chi connectivity index (χ3n) is 5.53. The molecular weight excluding hydrogens is 457 g/mol. The van der Waals surface area contributed by atoms with E-state index in [9.17, 15) is 24.0 Å². The molecule has 34 heavy (non-hydrogen) atoms. The Kier molecular flexibility index (Phi) is 8.66. The Hall–Kier alpha value is -3.38. The van der Waals surface area contributed by atoms with E-state index in [0.717, 1.165) is 31.0 Å². The number of amides is 2. The lowest BCUT2D eigenvalue weighted by atomic mass is 9.83. The number of thioether (sulfide) groups is 1. The minimum atomic E-state index is -1.08. The summed E-state index contributed by atoms with van der Waals surface area (Å²) < 4.78 is 18.4. The monoisotopic (exact) mass is 483 g/mol. The van der Waals surface area contributed by atoms with E-state index in [1.165, 1.54) is 31.2 Å². The van der Waals surface area contributed by atoms with E-state index in [4.69, 9.17) is 4.74 Å². The van der Waals surface area contributed by atoms with Gasteiger partial charge in [0.1, 0.15) is 11.4 Å².